The highest BCUT2D eigenvalue weighted by atomic mass is 32.2. The summed E-state index contributed by atoms with van der Waals surface area (Å²) in [6, 6.07) is 9.31. The Morgan fingerprint density at radius 3 is 2.51 bits per heavy atom. The van der Waals surface area contributed by atoms with Crippen molar-refractivity contribution in [3.05, 3.63) is 112 Å². The van der Waals surface area contributed by atoms with Crippen LogP contribution < -0.4 is 11.3 Å². The molecule has 0 spiro atoms. The van der Waals surface area contributed by atoms with Crippen molar-refractivity contribution in [3.63, 3.8) is 0 Å². The molecule has 0 aliphatic heterocycles. The number of carbonyl (C=O) groups is 1. The quantitative estimate of drug-likeness (QED) is 0.196. The molecule has 6 rings (SSSR count). The molecule has 0 saturated heterocycles. The number of aryl methyl sites for hydroxylation is 1. The second-order valence-corrected chi connectivity index (χ2v) is 14.5. The number of pyridine rings is 2. The van der Waals surface area contributed by atoms with Crippen LogP contribution in [0.15, 0.2) is 99.0 Å². The number of rotatable bonds is 7. The summed E-state index contributed by atoms with van der Waals surface area (Å²) >= 11 is 0. The molecule has 3 aliphatic rings. The molecule has 1 aromatic carbocycles. The number of carbonyl (C=O) groups excluding carboxylic acids is 1. The van der Waals surface area contributed by atoms with Crippen LogP contribution >= 0.6 is 0 Å². The monoisotopic (exact) mass is 667 g/mol. The van der Waals surface area contributed by atoms with Crippen LogP contribution in [0.3, 0.4) is 0 Å². The van der Waals surface area contributed by atoms with Gasteiger partial charge in [0.25, 0.3) is 0 Å². The standard InChI is InChI=1S/C34H33F4N5O3S/c1-42-20-25(6-12-31(42)44)41-29-15-22-3-7-27(43(26-8-9-26)47(2,46)28-10-4-24(35)5-11-28)18-33(22,17-21(29)19-39)32(45)30-16-23(13-14-40-30)34(36,37)38/h4-6,10-16,19-20,26-27H,2-3,7-9,17-18,39H2,1H3/t27-,33-,47?/m0/s1. The zero-order valence-corrected chi connectivity index (χ0v) is 26.4. The van der Waals surface area contributed by atoms with E-state index in [9.17, 15) is 31.4 Å². The summed E-state index contributed by atoms with van der Waals surface area (Å²) in [5, 5.41) is 0. The highest BCUT2D eigenvalue weighted by Crippen LogP contribution is 2.53. The van der Waals surface area contributed by atoms with E-state index in [1.807, 2.05) is 4.31 Å². The molecule has 3 aliphatic carbocycles. The summed E-state index contributed by atoms with van der Waals surface area (Å²) < 4.78 is 72.6. The molecule has 1 unspecified atom stereocenters. The predicted molar refractivity (Wildman–Crippen MR) is 172 cm³/mol. The van der Waals surface area contributed by atoms with Crippen LogP contribution in [0, 0.1) is 11.2 Å². The number of allylic oxidation sites excluding steroid dienone is 3. The van der Waals surface area contributed by atoms with Crippen molar-refractivity contribution in [3.8, 4) is 0 Å². The molecule has 0 radical (unpaired) electrons. The smallest absolute Gasteiger partial charge is 0.404 e. The number of fused-ring (bicyclic) bond motifs is 1. The number of aromatic nitrogens is 2. The molecule has 0 bridgehead atoms. The van der Waals surface area contributed by atoms with Crippen molar-refractivity contribution < 1.29 is 26.6 Å². The van der Waals surface area contributed by atoms with Crippen LogP contribution in [-0.4, -0.2) is 47.5 Å². The van der Waals surface area contributed by atoms with Gasteiger partial charge in [-0.1, -0.05) is 5.57 Å². The number of nitrogens with zero attached hydrogens (tertiary/aromatic N) is 4. The molecule has 8 nitrogen and oxygen atoms in total. The normalized spacial score (nSPS) is 24.6. The Kier molecular flexibility index (Phi) is 8.33. The number of benzene rings is 1. The van der Waals surface area contributed by atoms with Gasteiger partial charge in [-0.2, -0.15) is 13.2 Å². The van der Waals surface area contributed by atoms with E-state index in [1.54, 1.807) is 25.4 Å². The Morgan fingerprint density at radius 1 is 1.15 bits per heavy atom. The van der Waals surface area contributed by atoms with E-state index in [-0.39, 0.29) is 30.1 Å². The van der Waals surface area contributed by atoms with Crippen LogP contribution in [0.1, 0.15) is 54.6 Å². The number of hydrogen-bond acceptors (Lipinski definition) is 6. The lowest BCUT2D eigenvalue weighted by Crippen LogP contribution is -2.51. The summed E-state index contributed by atoms with van der Waals surface area (Å²) in [5.41, 5.74) is 5.26. The van der Waals surface area contributed by atoms with Gasteiger partial charge in [0, 0.05) is 42.5 Å². The lowest BCUT2D eigenvalue weighted by molar-refractivity contribution is -0.137. The average molecular weight is 668 g/mol. The second-order valence-electron chi connectivity index (χ2n) is 12.3. The first-order chi connectivity index (χ1) is 22.2. The number of ketones is 1. The van der Waals surface area contributed by atoms with Gasteiger partial charge in [0.15, 0.2) is 5.78 Å². The molecule has 2 aromatic heterocycles. The number of Topliss-reactive ketones (excluding diaryl/α,β-unsaturated/α-hetero) is 1. The summed E-state index contributed by atoms with van der Waals surface area (Å²) in [7, 11) is -1.54. The molecular weight excluding hydrogens is 634 g/mol. The maximum atomic E-state index is 14.6. The van der Waals surface area contributed by atoms with Crippen LogP contribution in [-0.2, 0) is 22.9 Å². The Morgan fingerprint density at radius 2 is 1.87 bits per heavy atom. The first kappa shape index (κ1) is 32.6. The van der Waals surface area contributed by atoms with Crippen molar-refractivity contribution in [2.24, 2.45) is 23.2 Å². The van der Waals surface area contributed by atoms with E-state index < -0.39 is 44.5 Å². The first-order valence-electron chi connectivity index (χ1n) is 15.1. The lowest BCUT2D eigenvalue weighted by Gasteiger charge is -2.48. The molecule has 3 atom stereocenters. The molecule has 3 aromatic rings. The molecule has 13 heteroatoms. The van der Waals surface area contributed by atoms with Crippen molar-refractivity contribution in [1.82, 2.24) is 13.9 Å². The van der Waals surface area contributed by atoms with E-state index in [2.05, 4.69) is 10.9 Å². The minimum absolute atomic E-state index is 0.0145. The van der Waals surface area contributed by atoms with Gasteiger partial charge in [-0.3, -0.25) is 14.6 Å². The molecular formula is C34H33F4N5O3S. The predicted octanol–water partition coefficient (Wildman–Crippen LogP) is 5.76. The molecule has 2 heterocycles. The third kappa shape index (κ3) is 6.21. The van der Waals surface area contributed by atoms with Gasteiger partial charge in [-0.25, -0.2) is 17.9 Å². The summed E-state index contributed by atoms with van der Waals surface area (Å²) in [4.78, 5) is 35.7. The van der Waals surface area contributed by atoms with Crippen molar-refractivity contribution in [2.45, 2.75) is 61.7 Å². The zero-order valence-electron chi connectivity index (χ0n) is 25.5. The molecule has 2 fully saturated rings. The lowest BCUT2D eigenvalue weighted by atomic mass is 9.59. The highest BCUT2D eigenvalue weighted by Gasteiger charge is 2.53. The fraction of sp³-hybridized carbons (Fsp3) is 0.324. The Balaban J connectivity index is 1.47. The van der Waals surface area contributed by atoms with Gasteiger partial charge in [0.2, 0.25) is 5.56 Å². The number of hydrogen-bond donors (Lipinski definition) is 1. The number of aliphatic imine (C=N–C) groups is 1. The summed E-state index contributed by atoms with van der Waals surface area (Å²) in [6.07, 6.45) is 3.39. The maximum absolute atomic E-state index is 14.6. The zero-order chi connectivity index (χ0) is 33.7. The highest BCUT2D eigenvalue weighted by molar-refractivity contribution is 7.98. The van der Waals surface area contributed by atoms with E-state index in [0.717, 1.165) is 31.2 Å². The number of halogens is 4. The van der Waals surface area contributed by atoms with Crippen LogP contribution in [0.4, 0.5) is 23.2 Å². The molecule has 0 amide bonds. The summed E-state index contributed by atoms with van der Waals surface area (Å²) in [5.74, 6) is 3.01. The summed E-state index contributed by atoms with van der Waals surface area (Å²) in [6.45, 7) is 0. The van der Waals surface area contributed by atoms with Gasteiger partial charge in [-0.05, 0) is 105 Å². The number of alkyl halides is 3. The Bertz CT molecular complexity index is 2000. The number of nitrogens with two attached hydrogens (primary N) is 1. The molecule has 2 saturated carbocycles. The first-order valence-corrected chi connectivity index (χ1v) is 16.8. The third-order valence-electron chi connectivity index (χ3n) is 9.14. The second kappa shape index (κ2) is 12.0. The van der Waals surface area contributed by atoms with Gasteiger partial charge < -0.3 is 10.3 Å². The molecule has 47 heavy (non-hydrogen) atoms. The van der Waals surface area contributed by atoms with E-state index in [4.69, 9.17) is 10.7 Å². The third-order valence-corrected chi connectivity index (χ3v) is 11.4. The van der Waals surface area contributed by atoms with Gasteiger partial charge >= 0.3 is 6.18 Å². The Labute approximate surface area is 269 Å². The van der Waals surface area contributed by atoms with Crippen LogP contribution in [0.5, 0.6) is 0 Å². The topological polar surface area (TPSA) is 111 Å². The SMILES string of the molecule is C=S(=O)(c1ccc(F)cc1)N(C1CC1)[C@H]1CCC2=CC(=Nc3ccc(=O)n(C)c3)C(=CN)C[C@]2(C(=O)c2cc(C(F)(F)F)ccn2)C1. The van der Waals surface area contributed by atoms with Crippen molar-refractivity contribution in [2.75, 3.05) is 0 Å². The van der Waals surface area contributed by atoms with E-state index in [0.29, 0.717) is 40.3 Å². The van der Waals surface area contributed by atoms with Gasteiger partial charge in [0.1, 0.15) is 11.5 Å². The van der Waals surface area contributed by atoms with Crippen LogP contribution in [0.2, 0.25) is 0 Å². The van der Waals surface area contributed by atoms with E-state index in [1.165, 1.54) is 41.1 Å². The average Bonchev–Trinajstić information content (AvgIpc) is 3.87. The van der Waals surface area contributed by atoms with Crippen molar-refractivity contribution in [1.29, 1.82) is 0 Å². The largest absolute Gasteiger partial charge is 0.416 e. The van der Waals surface area contributed by atoms with Gasteiger partial charge in [-0.15, -0.1) is 0 Å². The Hall–Kier alpha value is -4.36. The fourth-order valence-electron chi connectivity index (χ4n) is 6.69. The minimum Gasteiger partial charge on any atom is -0.404 e. The molecule has 2 N–H and O–H groups in total. The van der Waals surface area contributed by atoms with Gasteiger partial charge in [0.05, 0.1) is 32.1 Å². The minimum atomic E-state index is -4.69. The van der Waals surface area contributed by atoms with Crippen LogP contribution in [0.25, 0.3) is 0 Å². The van der Waals surface area contributed by atoms with Crippen molar-refractivity contribution >= 4 is 32.8 Å². The fourth-order valence-corrected chi connectivity index (χ4v) is 8.85. The molecule has 246 valence electrons. The maximum Gasteiger partial charge on any atom is 0.416 e. The van der Waals surface area contributed by atoms with E-state index >= 15 is 0 Å².